The molecule has 1 aliphatic heterocycles. The summed E-state index contributed by atoms with van der Waals surface area (Å²) in [4.78, 5) is 3.72. The van der Waals surface area contributed by atoms with Gasteiger partial charge in [-0.3, -0.25) is 0 Å². The van der Waals surface area contributed by atoms with Crippen LogP contribution in [0.2, 0.25) is 0 Å². The minimum atomic E-state index is -3.81. The van der Waals surface area contributed by atoms with Gasteiger partial charge < -0.3 is 9.47 Å². The van der Waals surface area contributed by atoms with Crippen LogP contribution in [0.5, 0.6) is 11.6 Å². The topological polar surface area (TPSA) is 65.5 Å². The minimum absolute atomic E-state index is 0.165. The highest BCUT2D eigenvalue weighted by atomic mass is 35.7. The zero-order chi connectivity index (χ0) is 10.2. The van der Waals surface area contributed by atoms with E-state index in [0.717, 1.165) is 0 Å². The van der Waals surface area contributed by atoms with E-state index in [4.69, 9.17) is 20.2 Å². The van der Waals surface area contributed by atoms with Gasteiger partial charge in [0.1, 0.15) is 13.2 Å². The molecular formula is C7H6ClNO4S. The zero-order valence-corrected chi connectivity index (χ0v) is 8.51. The zero-order valence-electron chi connectivity index (χ0n) is 6.94. The molecule has 1 aromatic heterocycles. The van der Waals surface area contributed by atoms with Crippen LogP contribution in [0.3, 0.4) is 0 Å². The Balaban J connectivity index is 2.49. The number of hydrogen-bond acceptors (Lipinski definition) is 5. The number of nitrogens with zero attached hydrogens (tertiary/aromatic N) is 1. The standard InChI is InChI=1S/C7H6ClNO4S/c8-14(10,11)6-2-1-5-7(9-6)13-4-3-12-5/h1-2H,3-4H2. The third-order valence-corrected chi connectivity index (χ3v) is 2.83. The molecule has 7 heteroatoms. The molecule has 0 unspecified atom stereocenters. The van der Waals surface area contributed by atoms with Crippen molar-refractivity contribution in [3.8, 4) is 11.6 Å². The lowest BCUT2D eigenvalue weighted by Crippen LogP contribution is -2.16. The van der Waals surface area contributed by atoms with Crippen LogP contribution in [-0.4, -0.2) is 26.6 Å². The van der Waals surface area contributed by atoms with Crippen molar-refractivity contribution in [2.24, 2.45) is 0 Å². The van der Waals surface area contributed by atoms with E-state index in [-0.39, 0.29) is 10.9 Å². The van der Waals surface area contributed by atoms with E-state index in [1.165, 1.54) is 12.1 Å². The first-order chi connectivity index (χ1) is 6.57. The van der Waals surface area contributed by atoms with Crippen molar-refractivity contribution in [2.75, 3.05) is 13.2 Å². The van der Waals surface area contributed by atoms with Gasteiger partial charge in [0.25, 0.3) is 14.9 Å². The Morgan fingerprint density at radius 2 is 2.00 bits per heavy atom. The fourth-order valence-corrected chi connectivity index (χ4v) is 1.73. The smallest absolute Gasteiger partial charge is 0.278 e. The number of ether oxygens (including phenoxy) is 2. The van der Waals surface area contributed by atoms with Crippen LogP contribution < -0.4 is 9.47 Å². The highest BCUT2D eigenvalue weighted by Gasteiger charge is 2.18. The fraction of sp³-hybridized carbons (Fsp3) is 0.286. The molecule has 0 aromatic carbocycles. The Hall–Kier alpha value is -1.01. The maximum Gasteiger partial charge on any atom is 0.278 e. The molecule has 1 aliphatic rings. The molecule has 0 saturated heterocycles. The number of halogens is 1. The maximum absolute atomic E-state index is 10.9. The maximum atomic E-state index is 10.9. The molecule has 0 N–H and O–H groups in total. The van der Waals surface area contributed by atoms with Crippen LogP contribution in [0.25, 0.3) is 0 Å². The largest absolute Gasteiger partial charge is 0.484 e. The molecule has 76 valence electrons. The summed E-state index contributed by atoms with van der Waals surface area (Å²) in [5.41, 5.74) is 0. The third-order valence-electron chi connectivity index (χ3n) is 1.63. The average molecular weight is 236 g/mol. The lowest BCUT2D eigenvalue weighted by atomic mass is 10.4. The number of aromatic nitrogens is 1. The van der Waals surface area contributed by atoms with E-state index in [2.05, 4.69) is 4.98 Å². The van der Waals surface area contributed by atoms with Crippen LogP contribution in [0, 0.1) is 0 Å². The van der Waals surface area contributed by atoms with Crippen LogP contribution in [0.4, 0.5) is 0 Å². The number of fused-ring (bicyclic) bond motifs is 1. The van der Waals surface area contributed by atoms with Crippen LogP contribution in [-0.2, 0) is 9.05 Å². The molecule has 14 heavy (non-hydrogen) atoms. The fourth-order valence-electron chi connectivity index (χ4n) is 1.05. The van der Waals surface area contributed by atoms with Crippen molar-refractivity contribution in [1.29, 1.82) is 0 Å². The quantitative estimate of drug-likeness (QED) is 0.673. The second kappa shape index (κ2) is 3.29. The monoisotopic (exact) mass is 235 g/mol. The van der Waals surface area contributed by atoms with E-state index < -0.39 is 9.05 Å². The predicted octanol–water partition coefficient (Wildman–Crippen LogP) is 0.780. The number of rotatable bonds is 1. The Morgan fingerprint density at radius 1 is 1.29 bits per heavy atom. The molecule has 0 bridgehead atoms. The van der Waals surface area contributed by atoms with Crippen molar-refractivity contribution < 1.29 is 17.9 Å². The molecule has 1 aromatic rings. The van der Waals surface area contributed by atoms with Crippen molar-refractivity contribution >= 4 is 19.7 Å². The molecule has 0 saturated carbocycles. The highest BCUT2D eigenvalue weighted by molar-refractivity contribution is 8.13. The van der Waals surface area contributed by atoms with E-state index in [0.29, 0.717) is 19.0 Å². The van der Waals surface area contributed by atoms with E-state index in [9.17, 15) is 8.42 Å². The average Bonchev–Trinajstić information content (AvgIpc) is 2.16. The van der Waals surface area contributed by atoms with Crippen molar-refractivity contribution in [3.05, 3.63) is 12.1 Å². The van der Waals surface area contributed by atoms with Crippen LogP contribution in [0.15, 0.2) is 17.2 Å². The molecule has 0 aliphatic carbocycles. The summed E-state index contributed by atoms with van der Waals surface area (Å²) in [6.45, 7) is 0.785. The summed E-state index contributed by atoms with van der Waals surface area (Å²) in [6, 6.07) is 2.74. The summed E-state index contributed by atoms with van der Waals surface area (Å²) in [7, 11) is 1.30. The first-order valence-electron chi connectivity index (χ1n) is 3.79. The SMILES string of the molecule is O=S(=O)(Cl)c1ccc2c(n1)OCCO2. The van der Waals surface area contributed by atoms with Gasteiger partial charge >= 0.3 is 0 Å². The summed E-state index contributed by atoms with van der Waals surface area (Å²) in [5, 5.41) is -0.233. The molecule has 0 fully saturated rings. The summed E-state index contributed by atoms with van der Waals surface area (Å²) < 4.78 is 32.1. The molecular weight excluding hydrogens is 230 g/mol. The van der Waals surface area contributed by atoms with Gasteiger partial charge in [0.2, 0.25) is 0 Å². The predicted molar refractivity (Wildman–Crippen MR) is 48.3 cm³/mol. The molecule has 5 nitrogen and oxygen atoms in total. The Morgan fingerprint density at radius 3 is 2.71 bits per heavy atom. The van der Waals surface area contributed by atoms with Gasteiger partial charge in [0, 0.05) is 10.7 Å². The molecule has 0 spiro atoms. The van der Waals surface area contributed by atoms with Gasteiger partial charge in [-0.15, -0.1) is 0 Å². The van der Waals surface area contributed by atoms with Crippen molar-refractivity contribution in [1.82, 2.24) is 4.98 Å². The first kappa shape index (κ1) is 9.54. The number of hydrogen-bond donors (Lipinski definition) is 0. The summed E-state index contributed by atoms with van der Waals surface area (Å²) in [6.07, 6.45) is 0. The van der Waals surface area contributed by atoms with Gasteiger partial charge in [-0.2, -0.15) is 4.98 Å². The first-order valence-corrected chi connectivity index (χ1v) is 6.09. The Labute approximate surface area is 85.0 Å². The van der Waals surface area contributed by atoms with Gasteiger partial charge in [0.05, 0.1) is 0 Å². The Kier molecular flexibility index (Phi) is 2.24. The van der Waals surface area contributed by atoms with Crippen molar-refractivity contribution in [3.63, 3.8) is 0 Å². The summed E-state index contributed by atoms with van der Waals surface area (Å²) in [5.74, 6) is 0.596. The molecule has 0 radical (unpaired) electrons. The number of pyridine rings is 1. The molecule has 2 heterocycles. The highest BCUT2D eigenvalue weighted by Crippen LogP contribution is 2.29. The summed E-state index contributed by atoms with van der Waals surface area (Å²) >= 11 is 0. The van der Waals surface area contributed by atoms with Gasteiger partial charge in [-0.1, -0.05) is 0 Å². The van der Waals surface area contributed by atoms with E-state index in [1.54, 1.807) is 0 Å². The van der Waals surface area contributed by atoms with Gasteiger partial charge in [-0.25, -0.2) is 8.42 Å². The van der Waals surface area contributed by atoms with E-state index >= 15 is 0 Å². The minimum Gasteiger partial charge on any atom is -0.484 e. The lowest BCUT2D eigenvalue weighted by molar-refractivity contribution is 0.163. The molecule has 2 rings (SSSR count). The second-order valence-corrected chi connectivity index (χ2v) is 5.10. The van der Waals surface area contributed by atoms with Gasteiger partial charge in [0.15, 0.2) is 10.8 Å². The van der Waals surface area contributed by atoms with Gasteiger partial charge in [-0.05, 0) is 12.1 Å². The van der Waals surface area contributed by atoms with Crippen LogP contribution >= 0.6 is 10.7 Å². The van der Waals surface area contributed by atoms with E-state index in [1.807, 2.05) is 0 Å². The molecule has 0 amide bonds. The second-order valence-electron chi connectivity index (χ2n) is 2.59. The normalized spacial score (nSPS) is 15.2. The van der Waals surface area contributed by atoms with Crippen molar-refractivity contribution in [2.45, 2.75) is 5.03 Å². The Bertz CT molecular complexity index is 459. The molecule has 0 atom stereocenters. The third kappa shape index (κ3) is 1.76. The lowest BCUT2D eigenvalue weighted by Gasteiger charge is -2.16. The van der Waals surface area contributed by atoms with Crippen LogP contribution in [0.1, 0.15) is 0 Å².